The van der Waals surface area contributed by atoms with E-state index in [0.29, 0.717) is 43.3 Å². The Kier molecular flexibility index (Phi) is 8.33. The Balaban J connectivity index is 2.07. The number of likely N-dealkylation sites (N-methyl/N-ethyl adjacent to an activating group) is 1. The number of alkyl carbamates (subject to hydrolysis) is 1. The normalized spacial score (nSPS) is 16.5. The minimum Gasteiger partial charge on any atom is -0.444 e. The summed E-state index contributed by atoms with van der Waals surface area (Å²) < 4.78 is 10.1. The molecule has 11 nitrogen and oxygen atoms in total. The van der Waals surface area contributed by atoms with Gasteiger partial charge >= 0.3 is 11.8 Å². The molecule has 1 fully saturated rings. The molecule has 200 valence electrons. The van der Waals surface area contributed by atoms with Crippen molar-refractivity contribution in [2.75, 3.05) is 38.6 Å². The molecule has 1 N–H and O–H groups in total. The van der Waals surface area contributed by atoms with Gasteiger partial charge < -0.3 is 24.4 Å². The largest absolute Gasteiger partial charge is 0.444 e. The third kappa shape index (κ3) is 6.37. The molecule has 0 saturated carbocycles. The number of fused-ring (bicyclic) bond motifs is 1. The van der Waals surface area contributed by atoms with E-state index in [0.717, 1.165) is 29.5 Å². The monoisotopic (exact) mass is 503 g/mol. The first-order valence-corrected chi connectivity index (χ1v) is 12.5. The number of nitrogens with one attached hydrogen (secondary N) is 1. The van der Waals surface area contributed by atoms with Gasteiger partial charge in [0.15, 0.2) is 11.2 Å². The molecule has 3 heterocycles. The average molecular weight is 504 g/mol. The van der Waals surface area contributed by atoms with Gasteiger partial charge in [-0.1, -0.05) is 11.6 Å². The first-order valence-electron chi connectivity index (χ1n) is 12.5. The summed E-state index contributed by atoms with van der Waals surface area (Å²) in [5, 5.41) is 2.97. The lowest BCUT2D eigenvalue weighted by Gasteiger charge is -2.34. The number of aromatic nitrogens is 4. The molecule has 0 bridgehead atoms. The summed E-state index contributed by atoms with van der Waals surface area (Å²) in [7, 11) is 5.39. The van der Waals surface area contributed by atoms with Crippen molar-refractivity contribution in [1.29, 1.82) is 0 Å². The van der Waals surface area contributed by atoms with Gasteiger partial charge in [-0.3, -0.25) is 13.9 Å². The lowest BCUT2D eigenvalue weighted by atomic mass is 10.1. The number of hydrogen-bond acceptors (Lipinski definition) is 7. The molecule has 0 radical (unpaired) electrons. The maximum atomic E-state index is 13.3. The minimum absolute atomic E-state index is 0.121. The fourth-order valence-corrected chi connectivity index (χ4v) is 4.29. The van der Waals surface area contributed by atoms with Crippen LogP contribution in [0.4, 0.5) is 10.7 Å². The molecule has 0 spiro atoms. The number of carbonyl (C=O) groups excluding carboxylic acids is 1. The average Bonchev–Trinajstić information content (AvgIpc) is 3.14. The molecule has 1 amide bonds. The number of rotatable bonds is 7. The summed E-state index contributed by atoms with van der Waals surface area (Å²) in [6.07, 6.45) is 3.26. The van der Waals surface area contributed by atoms with Crippen LogP contribution in [0.1, 0.15) is 47.5 Å². The van der Waals surface area contributed by atoms with Crippen LogP contribution >= 0.6 is 0 Å². The van der Waals surface area contributed by atoms with E-state index < -0.39 is 11.7 Å². The minimum atomic E-state index is -0.576. The summed E-state index contributed by atoms with van der Waals surface area (Å²) in [6, 6.07) is -0.121. The fraction of sp³-hybridized carbons (Fsp3) is 0.680. The number of allylic oxidation sites excluding steroid dienone is 2. The molecule has 1 atom stereocenters. The third-order valence-electron chi connectivity index (χ3n) is 6.09. The van der Waals surface area contributed by atoms with Gasteiger partial charge in [0.1, 0.15) is 5.60 Å². The second-order valence-corrected chi connectivity index (χ2v) is 11.0. The van der Waals surface area contributed by atoms with Crippen LogP contribution in [0.2, 0.25) is 0 Å². The second-order valence-electron chi connectivity index (χ2n) is 11.0. The van der Waals surface area contributed by atoms with Crippen molar-refractivity contribution in [3.63, 3.8) is 0 Å². The Morgan fingerprint density at radius 3 is 2.53 bits per heavy atom. The first-order chi connectivity index (χ1) is 16.8. The van der Waals surface area contributed by atoms with Crippen LogP contribution in [-0.4, -0.2) is 75.1 Å². The number of imidazole rings is 1. The lowest BCUT2D eigenvalue weighted by Crippen LogP contribution is -2.49. The molecule has 2 aromatic heterocycles. The molecule has 36 heavy (non-hydrogen) atoms. The maximum absolute atomic E-state index is 13.3. The van der Waals surface area contributed by atoms with E-state index in [1.54, 1.807) is 4.57 Å². The number of hydrogen-bond donors (Lipinski definition) is 1. The zero-order chi connectivity index (χ0) is 26.8. The van der Waals surface area contributed by atoms with Crippen LogP contribution in [0, 0.1) is 0 Å². The highest BCUT2D eigenvalue weighted by Gasteiger charge is 2.29. The van der Waals surface area contributed by atoms with Crippen LogP contribution in [-0.2, 0) is 24.9 Å². The molecular formula is C25H41N7O4. The summed E-state index contributed by atoms with van der Waals surface area (Å²) in [5.74, 6) is 0.625. The van der Waals surface area contributed by atoms with Gasteiger partial charge in [-0.2, -0.15) is 4.98 Å². The molecule has 1 aliphatic rings. The molecule has 0 aromatic carbocycles. The van der Waals surface area contributed by atoms with E-state index in [2.05, 4.69) is 10.2 Å². The lowest BCUT2D eigenvalue weighted by molar-refractivity contribution is 0.0499. The van der Waals surface area contributed by atoms with E-state index in [1.807, 2.05) is 64.3 Å². The molecule has 1 aliphatic heterocycles. The van der Waals surface area contributed by atoms with Gasteiger partial charge in [0, 0.05) is 45.8 Å². The smallest absolute Gasteiger partial charge is 0.407 e. The Morgan fingerprint density at radius 1 is 1.22 bits per heavy atom. The first kappa shape index (κ1) is 27.5. The van der Waals surface area contributed by atoms with Crippen LogP contribution < -0.4 is 21.5 Å². The number of anilines is 1. The highest BCUT2D eigenvalue weighted by Crippen LogP contribution is 2.24. The Hall–Kier alpha value is -3.08. The fourth-order valence-electron chi connectivity index (χ4n) is 4.29. The van der Waals surface area contributed by atoms with E-state index in [1.165, 1.54) is 7.05 Å². The van der Waals surface area contributed by atoms with Crippen molar-refractivity contribution < 1.29 is 9.53 Å². The molecule has 0 aliphatic carbocycles. The molecule has 1 saturated heterocycles. The zero-order valence-corrected chi connectivity index (χ0v) is 22.9. The van der Waals surface area contributed by atoms with Crippen LogP contribution in [0.15, 0.2) is 21.2 Å². The Morgan fingerprint density at radius 2 is 1.92 bits per heavy atom. The van der Waals surface area contributed by atoms with Crippen molar-refractivity contribution in [1.82, 2.24) is 28.9 Å². The molecule has 1 unspecified atom stereocenters. The number of ether oxygens (including phenoxy) is 1. The molecule has 3 rings (SSSR count). The van der Waals surface area contributed by atoms with E-state index >= 15 is 0 Å². The van der Waals surface area contributed by atoms with Crippen molar-refractivity contribution in [3.05, 3.63) is 32.5 Å². The van der Waals surface area contributed by atoms with Crippen molar-refractivity contribution in [2.45, 2.75) is 72.2 Å². The zero-order valence-electron chi connectivity index (χ0n) is 22.9. The quantitative estimate of drug-likeness (QED) is 0.576. The number of piperidine rings is 1. The molecular weight excluding hydrogens is 462 g/mol. The highest BCUT2D eigenvalue weighted by molar-refractivity contribution is 5.75. The van der Waals surface area contributed by atoms with Crippen molar-refractivity contribution in [3.8, 4) is 0 Å². The Labute approximate surface area is 212 Å². The predicted octanol–water partition coefficient (Wildman–Crippen LogP) is 1.92. The van der Waals surface area contributed by atoms with Crippen molar-refractivity contribution in [2.24, 2.45) is 7.05 Å². The van der Waals surface area contributed by atoms with Crippen molar-refractivity contribution >= 4 is 23.2 Å². The summed E-state index contributed by atoms with van der Waals surface area (Å²) >= 11 is 0. The van der Waals surface area contributed by atoms with Gasteiger partial charge in [-0.25, -0.2) is 9.59 Å². The molecule has 11 heteroatoms. The summed E-state index contributed by atoms with van der Waals surface area (Å²) in [4.78, 5) is 47.7. The van der Waals surface area contributed by atoms with Gasteiger partial charge in [-0.05, 0) is 61.6 Å². The van der Waals surface area contributed by atoms with Crippen LogP contribution in [0.5, 0.6) is 0 Å². The number of nitrogens with zero attached hydrogens (tertiary/aromatic N) is 6. The van der Waals surface area contributed by atoms with Gasteiger partial charge in [0.2, 0.25) is 5.95 Å². The molecule has 2 aromatic rings. The summed E-state index contributed by atoms with van der Waals surface area (Å²) in [6.45, 7) is 12.3. The summed E-state index contributed by atoms with van der Waals surface area (Å²) in [5.41, 5.74) is 0.597. The SMILES string of the molecule is CC(C)=CCn1c(N2CCCC(NC(=O)OC(C)(C)C)C2)nc2c1c(=O)n(C)c(=O)n2CCN(C)C. The Bertz CT molecular complexity index is 1240. The third-order valence-corrected chi connectivity index (χ3v) is 6.09. The predicted molar refractivity (Wildman–Crippen MR) is 142 cm³/mol. The van der Waals surface area contributed by atoms with E-state index in [4.69, 9.17) is 9.72 Å². The van der Waals surface area contributed by atoms with Gasteiger partial charge in [0.05, 0.1) is 0 Å². The standard InChI is InChI=1S/C25H41N7O4/c1-17(2)11-13-31-19-20(32(15-14-28(6)7)24(35)29(8)21(19)33)27-22(31)30-12-9-10-18(16-30)26-23(34)36-25(3,4)5/h11,18H,9-10,12-16H2,1-8H3,(H,26,34). The topological polar surface area (TPSA) is 107 Å². The highest BCUT2D eigenvalue weighted by atomic mass is 16.6. The maximum Gasteiger partial charge on any atom is 0.407 e. The van der Waals surface area contributed by atoms with Crippen LogP contribution in [0.3, 0.4) is 0 Å². The van der Waals surface area contributed by atoms with Crippen LogP contribution in [0.25, 0.3) is 11.2 Å². The number of amides is 1. The van der Waals surface area contributed by atoms with Gasteiger partial charge in [0.25, 0.3) is 5.56 Å². The van der Waals surface area contributed by atoms with E-state index in [-0.39, 0.29) is 17.3 Å². The van der Waals surface area contributed by atoms with Gasteiger partial charge in [-0.15, -0.1) is 0 Å². The number of carbonyl (C=O) groups is 1. The van der Waals surface area contributed by atoms with E-state index in [9.17, 15) is 14.4 Å². The second kappa shape index (κ2) is 10.9.